The number of ether oxygens (including phenoxy) is 7. The number of hydrogen-bond donors (Lipinski definition) is 10. The van der Waals surface area contributed by atoms with E-state index < -0.39 is 30.1 Å². The summed E-state index contributed by atoms with van der Waals surface area (Å²) in [4.78, 5) is 89.6. The fourth-order valence-corrected chi connectivity index (χ4v) is 18.9. The van der Waals surface area contributed by atoms with Crippen LogP contribution in [-0.4, -0.2) is 97.2 Å². The van der Waals surface area contributed by atoms with Gasteiger partial charge in [-0.2, -0.15) is 13.2 Å². The van der Waals surface area contributed by atoms with Crippen LogP contribution in [-0.2, 0) is 34.8 Å². The number of carbonyl (C=O) groups excluding carboxylic acids is 7. The average Bonchev–Trinajstić information content (AvgIpc) is 1.50. The summed E-state index contributed by atoms with van der Waals surface area (Å²) in [5, 5.41) is 0. The highest BCUT2D eigenvalue weighted by molar-refractivity contribution is 5.96. The van der Waals surface area contributed by atoms with Crippen LogP contribution in [0.3, 0.4) is 0 Å². The van der Waals surface area contributed by atoms with Crippen LogP contribution in [0.5, 0.6) is 5.75 Å². The van der Waals surface area contributed by atoms with Crippen molar-refractivity contribution in [3.63, 3.8) is 0 Å². The monoisotopic (exact) mass is 1940 g/mol. The molecule has 5 saturated carbocycles. The predicted molar refractivity (Wildman–Crippen MR) is 553 cm³/mol. The van der Waals surface area contributed by atoms with Gasteiger partial charge in [0.15, 0.2) is 0 Å². The largest absolute Gasteiger partial charge is 0.462 e. The second-order valence-electron chi connectivity index (χ2n) is 37.5. The van der Waals surface area contributed by atoms with Gasteiger partial charge in [-0.25, -0.2) is 33.6 Å². The van der Waals surface area contributed by atoms with Crippen LogP contribution in [0.15, 0.2) is 266 Å². The Morgan fingerprint density at radius 3 is 1.14 bits per heavy atom. The number of anilines is 10. The summed E-state index contributed by atoms with van der Waals surface area (Å²) in [5.41, 5.74) is 71.3. The maximum absolute atomic E-state index is 12.9. The predicted octanol–water partition coefficient (Wildman–Crippen LogP) is 22.8. The van der Waals surface area contributed by atoms with Gasteiger partial charge in [-0.1, -0.05) is 174 Å². The Bertz CT molecular complexity index is 5770. The van der Waals surface area contributed by atoms with Crippen molar-refractivity contribution >= 4 is 111 Å². The molecule has 6 aliphatic rings. The topological polar surface area (TPSA) is 457 Å². The first kappa shape index (κ1) is 109. The molecule has 1 aromatic heterocycles. The number of allylic oxidation sites excluding steroid dienone is 5. The third kappa shape index (κ3) is 33.1. The van der Waals surface area contributed by atoms with Crippen molar-refractivity contribution in [2.24, 2.45) is 46.3 Å². The third-order valence-electron chi connectivity index (χ3n) is 26.4. The molecule has 6 aliphatic carbocycles. The molecule has 142 heavy (non-hydrogen) atoms. The number of carbonyl (C=O) groups is 7. The first-order valence-corrected chi connectivity index (χ1v) is 47.8. The van der Waals surface area contributed by atoms with E-state index in [0.717, 1.165) is 42.0 Å². The van der Waals surface area contributed by atoms with Crippen molar-refractivity contribution in [2.75, 3.05) is 71.1 Å². The van der Waals surface area contributed by atoms with Gasteiger partial charge in [-0.05, 0) is 287 Å². The van der Waals surface area contributed by atoms with Crippen molar-refractivity contribution in [2.45, 2.75) is 188 Å². The van der Waals surface area contributed by atoms with Crippen LogP contribution in [0.4, 0.5) is 74.4 Å². The zero-order valence-corrected chi connectivity index (χ0v) is 81.7. The molecule has 0 radical (unpaired) electrons. The molecule has 10 aromatic rings. The van der Waals surface area contributed by atoms with E-state index in [0.29, 0.717) is 202 Å². The molecule has 25 nitrogen and oxygen atoms in total. The van der Waals surface area contributed by atoms with Gasteiger partial charge in [-0.3, -0.25) is 9.37 Å². The molecule has 16 rings (SSSR count). The number of benzene rings is 9. The lowest BCUT2D eigenvalue weighted by molar-refractivity contribution is -0.110. The maximum atomic E-state index is 12.9. The van der Waals surface area contributed by atoms with Gasteiger partial charge < -0.3 is 90.5 Å². The lowest BCUT2D eigenvalue weighted by atomic mass is 9.50. The van der Waals surface area contributed by atoms with E-state index in [4.69, 9.17) is 90.5 Å². The Morgan fingerprint density at radius 1 is 0.394 bits per heavy atom. The van der Waals surface area contributed by atoms with Crippen molar-refractivity contribution in [1.29, 1.82) is 0 Å². The number of nitrogens with two attached hydrogens (primary N) is 10. The molecule has 752 valence electrons. The molecule has 9 aromatic carbocycles. The number of aromatic nitrogens is 1. The van der Waals surface area contributed by atoms with Gasteiger partial charge in [0.2, 0.25) is 0 Å². The minimum Gasteiger partial charge on any atom is -0.462 e. The normalized spacial score (nSPS) is 20.6. The average molecular weight is 1950 g/mol. The zero-order valence-electron chi connectivity index (χ0n) is 81.7. The van der Waals surface area contributed by atoms with Crippen LogP contribution >= 0.6 is 0 Å². The van der Waals surface area contributed by atoms with E-state index in [9.17, 15) is 51.1 Å². The van der Waals surface area contributed by atoms with Gasteiger partial charge in [0, 0.05) is 88.5 Å². The second-order valence-corrected chi connectivity index (χ2v) is 37.5. The highest BCUT2D eigenvalue weighted by atomic mass is 19.4. The molecule has 8 atom stereocenters. The minimum atomic E-state index is -4.00. The Balaban J connectivity index is 0.000000183. The van der Waals surface area contributed by atoms with E-state index in [1.54, 1.807) is 151 Å². The van der Waals surface area contributed by atoms with E-state index in [1.165, 1.54) is 43.4 Å². The summed E-state index contributed by atoms with van der Waals surface area (Å²) < 4.78 is 79.2. The van der Waals surface area contributed by atoms with E-state index in [1.807, 2.05) is 84.9 Å². The van der Waals surface area contributed by atoms with Gasteiger partial charge in [0.05, 0.1) is 52.7 Å². The molecule has 20 N–H and O–H groups in total. The van der Waals surface area contributed by atoms with Crippen LogP contribution in [0, 0.1) is 46.3 Å². The summed E-state index contributed by atoms with van der Waals surface area (Å²) in [6.45, 7) is 15.0. The molecular weight excluding hydrogens is 1810 g/mol. The molecule has 5 fully saturated rings. The summed E-state index contributed by atoms with van der Waals surface area (Å²) in [6, 6.07) is 64.4. The number of alkyl halides is 4. The van der Waals surface area contributed by atoms with Crippen molar-refractivity contribution in [1.82, 2.24) is 4.98 Å². The standard InChI is InChI=1S/C35H50N2O2.C21H18N2O2.2C20H22N2O4.C14H15N3O2.C2H3F3.CH3F/c1-21(2)22(3)7-8-23(4)30-11-12-31-29-10-9-25-19-28(39-33(38)24-17-26(36)20-27(37)18-24)13-15-34(25,5)32(29)14-16-35(30,31)6;22-18-12-17(13-19(23)14-18)21(24)25-20-10-8-16(9-11-20)7-6-15-4-2-1-3-5-15;2*21-15-10-14(11-16(22)12-15)20(24)26-18-8-6-17(7-9-18)25-19(23)13-4-2-1-3-5-13;15-11-7-10(8-12(16)9-11)14(18)19-6-4-13-3-1-2-5-17-13;1-2(3,4)5;1-2/h7-10,17-18,20-23,28,30-32H,11-16,19,36-37H2,1-6H3;1-14H,22-23H2;2*1-5,10-12,17-18H,6-9,21-22H2;1-3,5,7-9H,4,6,15-16H2;1H3;1H3/b8-7+;7-6-;;;;;. The number of rotatable bonds is 22. The van der Waals surface area contributed by atoms with Crippen LogP contribution < -0.4 is 62.1 Å². The second kappa shape index (κ2) is 51.8. The van der Waals surface area contributed by atoms with Gasteiger partial charge in [0.1, 0.15) is 36.3 Å². The maximum Gasteiger partial charge on any atom is 0.386 e. The summed E-state index contributed by atoms with van der Waals surface area (Å²) in [7, 11) is 0.500. The number of esters is 7. The lowest BCUT2D eigenvalue weighted by Crippen LogP contribution is -2.46. The molecule has 1 heterocycles. The van der Waals surface area contributed by atoms with Crippen LogP contribution in [0.2, 0.25) is 0 Å². The highest BCUT2D eigenvalue weighted by Crippen LogP contribution is 2.66. The summed E-state index contributed by atoms with van der Waals surface area (Å²) in [5.74, 6) is 1.72. The molecule has 0 aliphatic heterocycles. The Hall–Kier alpha value is -14.9. The SMILES string of the molecule is CC(C)C(C)/C=C/C(C)C1CCC2C3=CC=C4CC(OC(=O)c5cc(N)cc(N)c5)CCC4(C)C3CCC21C.CC(F)(F)F.CF.Nc1cc(N)cc(C(=O)OC2CCC(OC(=O)c3ccccc3)CC2)c1.Nc1cc(N)cc(C(=O)OC2CCC(OC(=O)c3ccccc3)CC2)c1.Nc1cc(N)cc(C(=O)OCCc2ccccn2)c1.Nc1cc(N)cc(C(=O)Oc2ccc(/C=C\c3ccccc3)cc2)c1. The van der Waals surface area contributed by atoms with Gasteiger partial charge >= 0.3 is 48.0 Å². The lowest BCUT2D eigenvalue weighted by Gasteiger charge is -2.55. The Kier molecular flexibility index (Phi) is 39.8. The Morgan fingerprint density at radius 2 is 0.754 bits per heavy atom. The number of nitrogens with zero attached hydrogens (tertiary/aromatic N) is 1. The van der Waals surface area contributed by atoms with Crippen molar-refractivity contribution < 1.29 is 84.3 Å². The fraction of sp³-hybridized carbons (Fsp3) is 0.345. The van der Waals surface area contributed by atoms with Crippen molar-refractivity contribution in [3.05, 3.63) is 322 Å². The first-order chi connectivity index (χ1) is 67.7. The zero-order chi connectivity index (χ0) is 103. The molecule has 0 saturated heterocycles. The first-order valence-electron chi connectivity index (χ1n) is 47.8. The quantitative estimate of drug-likeness (QED) is 0.00573. The van der Waals surface area contributed by atoms with Gasteiger partial charge in [0.25, 0.3) is 0 Å². The Labute approximate surface area is 828 Å². The fourth-order valence-electron chi connectivity index (χ4n) is 18.9. The van der Waals surface area contributed by atoms with E-state index in [2.05, 4.69) is 70.8 Å². The number of pyridine rings is 1. The third-order valence-corrected chi connectivity index (χ3v) is 26.4. The van der Waals surface area contributed by atoms with E-state index in [-0.39, 0.29) is 67.4 Å². The van der Waals surface area contributed by atoms with Crippen LogP contribution in [0.1, 0.15) is 234 Å². The molecular formula is C113H133F4N11O14. The summed E-state index contributed by atoms with van der Waals surface area (Å²) in [6.07, 6.45) is 24.7. The molecule has 0 bridgehead atoms. The number of nitrogen functional groups attached to an aromatic ring is 10. The van der Waals surface area contributed by atoms with Crippen molar-refractivity contribution in [3.8, 4) is 5.75 Å². The molecule has 0 amide bonds. The van der Waals surface area contributed by atoms with Gasteiger partial charge in [-0.15, -0.1) is 0 Å². The minimum absolute atomic E-state index is 0.0972. The van der Waals surface area contributed by atoms with Crippen LogP contribution in [0.25, 0.3) is 12.2 Å². The molecule has 8 unspecified atom stereocenters. The van der Waals surface area contributed by atoms with E-state index >= 15 is 0 Å². The highest BCUT2D eigenvalue weighted by Gasteiger charge is 2.57. The number of halogens is 4. The smallest absolute Gasteiger partial charge is 0.386 e. The summed E-state index contributed by atoms with van der Waals surface area (Å²) >= 11 is 0. The number of hydrogen-bond acceptors (Lipinski definition) is 25. The number of fused-ring (bicyclic) bond motifs is 5. The molecule has 29 heteroatoms. The molecule has 0 spiro atoms.